The molecule has 16 heavy (non-hydrogen) atoms. The molecule has 1 atom stereocenters. The summed E-state index contributed by atoms with van der Waals surface area (Å²) in [6.45, 7) is 4.10. The molecule has 1 aliphatic heterocycles. The van der Waals surface area contributed by atoms with Crippen LogP contribution in [0.4, 0.5) is 5.82 Å². The van der Waals surface area contributed by atoms with E-state index in [1.807, 2.05) is 6.92 Å². The van der Waals surface area contributed by atoms with Gasteiger partial charge in [0, 0.05) is 6.54 Å². The highest BCUT2D eigenvalue weighted by atomic mass is 16.5. The first-order chi connectivity index (χ1) is 7.68. The number of rotatable bonds is 2. The molecule has 2 heterocycles. The second kappa shape index (κ2) is 4.44. The van der Waals surface area contributed by atoms with E-state index in [1.54, 1.807) is 6.07 Å². The van der Waals surface area contributed by atoms with Gasteiger partial charge in [-0.1, -0.05) is 0 Å². The van der Waals surface area contributed by atoms with Crippen LogP contribution in [-0.2, 0) is 4.74 Å². The number of carboxylic acid groups (broad SMARTS) is 1. The minimum absolute atomic E-state index is 0.0373. The SMILES string of the molecule is CC1COCCN1c1ccc(C(=O)O)nn1. The highest BCUT2D eigenvalue weighted by Gasteiger charge is 2.20. The van der Waals surface area contributed by atoms with Gasteiger partial charge in [-0.15, -0.1) is 10.2 Å². The van der Waals surface area contributed by atoms with E-state index in [9.17, 15) is 4.79 Å². The van der Waals surface area contributed by atoms with Gasteiger partial charge in [0.05, 0.1) is 19.3 Å². The fourth-order valence-electron chi connectivity index (χ4n) is 1.66. The van der Waals surface area contributed by atoms with Crippen molar-refractivity contribution in [1.29, 1.82) is 0 Å². The standard InChI is InChI=1S/C10H13N3O3/c1-7-6-16-5-4-13(7)9-3-2-8(10(14)15)11-12-9/h2-3,7H,4-6H2,1H3,(H,14,15). The summed E-state index contributed by atoms with van der Waals surface area (Å²) in [5.41, 5.74) is -0.0373. The number of ether oxygens (including phenoxy) is 1. The van der Waals surface area contributed by atoms with Gasteiger partial charge in [-0.25, -0.2) is 4.79 Å². The average molecular weight is 223 g/mol. The molecule has 0 bridgehead atoms. The van der Waals surface area contributed by atoms with Crippen LogP contribution in [0.5, 0.6) is 0 Å². The molecule has 0 spiro atoms. The Labute approximate surface area is 92.9 Å². The van der Waals surface area contributed by atoms with Gasteiger partial charge in [0.1, 0.15) is 0 Å². The number of aromatic nitrogens is 2. The summed E-state index contributed by atoms with van der Waals surface area (Å²) in [6.07, 6.45) is 0. The van der Waals surface area contributed by atoms with E-state index in [2.05, 4.69) is 15.1 Å². The van der Waals surface area contributed by atoms with Gasteiger partial charge in [-0.3, -0.25) is 0 Å². The van der Waals surface area contributed by atoms with Crippen molar-refractivity contribution in [3.8, 4) is 0 Å². The van der Waals surface area contributed by atoms with E-state index < -0.39 is 5.97 Å². The second-order valence-electron chi connectivity index (χ2n) is 3.70. The fourth-order valence-corrected chi connectivity index (χ4v) is 1.66. The van der Waals surface area contributed by atoms with E-state index in [0.29, 0.717) is 19.0 Å². The molecule has 2 rings (SSSR count). The topological polar surface area (TPSA) is 75.5 Å². The number of aromatic carboxylic acids is 1. The highest BCUT2D eigenvalue weighted by Crippen LogP contribution is 2.15. The molecule has 86 valence electrons. The Hall–Kier alpha value is -1.69. The van der Waals surface area contributed by atoms with E-state index >= 15 is 0 Å². The Bertz CT molecular complexity index is 379. The Morgan fingerprint density at radius 1 is 1.56 bits per heavy atom. The molecule has 0 radical (unpaired) electrons. The van der Waals surface area contributed by atoms with Crippen LogP contribution in [-0.4, -0.2) is 47.1 Å². The number of carbonyl (C=O) groups is 1. The fraction of sp³-hybridized carbons (Fsp3) is 0.500. The van der Waals surface area contributed by atoms with Crippen LogP contribution < -0.4 is 4.90 Å². The summed E-state index contributed by atoms with van der Waals surface area (Å²) in [4.78, 5) is 12.7. The van der Waals surface area contributed by atoms with Crippen molar-refractivity contribution in [2.45, 2.75) is 13.0 Å². The minimum Gasteiger partial charge on any atom is -0.476 e. The van der Waals surface area contributed by atoms with Crippen LogP contribution in [0.3, 0.4) is 0 Å². The summed E-state index contributed by atoms with van der Waals surface area (Å²) in [7, 11) is 0. The Kier molecular flexibility index (Phi) is 3.00. The monoisotopic (exact) mass is 223 g/mol. The van der Waals surface area contributed by atoms with E-state index in [0.717, 1.165) is 6.54 Å². The maximum Gasteiger partial charge on any atom is 0.356 e. The molecule has 1 aromatic rings. The third kappa shape index (κ3) is 2.11. The predicted molar refractivity (Wildman–Crippen MR) is 56.6 cm³/mol. The van der Waals surface area contributed by atoms with E-state index in [1.165, 1.54) is 6.07 Å². The van der Waals surface area contributed by atoms with Crippen LogP contribution in [0.2, 0.25) is 0 Å². The summed E-state index contributed by atoms with van der Waals surface area (Å²) in [6, 6.07) is 3.38. The third-order valence-corrected chi connectivity index (χ3v) is 2.53. The first-order valence-electron chi connectivity index (χ1n) is 5.10. The molecule has 6 heteroatoms. The number of nitrogens with zero attached hydrogens (tertiary/aromatic N) is 3. The van der Waals surface area contributed by atoms with Crippen molar-refractivity contribution >= 4 is 11.8 Å². The molecule has 0 aromatic carbocycles. The number of hydrogen-bond donors (Lipinski definition) is 1. The van der Waals surface area contributed by atoms with Crippen LogP contribution in [0, 0.1) is 0 Å². The number of anilines is 1. The van der Waals surface area contributed by atoms with Gasteiger partial charge in [0.25, 0.3) is 0 Å². The first kappa shape index (κ1) is 10.8. The lowest BCUT2D eigenvalue weighted by molar-refractivity contribution is 0.0689. The van der Waals surface area contributed by atoms with Crippen molar-refractivity contribution in [3.63, 3.8) is 0 Å². The molecule has 1 aromatic heterocycles. The van der Waals surface area contributed by atoms with Crippen molar-refractivity contribution in [1.82, 2.24) is 10.2 Å². The minimum atomic E-state index is -1.06. The van der Waals surface area contributed by atoms with Crippen molar-refractivity contribution in [2.24, 2.45) is 0 Å². The molecule has 1 N–H and O–H groups in total. The van der Waals surface area contributed by atoms with Crippen LogP contribution in [0.1, 0.15) is 17.4 Å². The quantitative estimate of drug-likeness (QED) is 0.782. The van der Waals surface area contributed by atoms with Crippen LogP contribution in [0.25, 0.3) is 0 Å². The lowest BCUT2D eigenvalue weighted by Gasteiger charge is -2.33. The molecule has 1 fully saturated rings. The molecule has 1 unspecified atom stereocenters. The smallest absolute Gasteiger partial charge is 0.356 e. The highest BCUT2D eigenvalue weighted by molar-refractivity contribution is 5.85. The van der Waals surface area contributed by atoms with Crippen LogP contribution >= 0.6 is 0 Å². The lowest BCUT2D eigenvalue weighted by Crippen LogP contribution is -2.44. The van der Waals surface area contributed by atoms with E-state index in [4.69, 9.17) is 9.84 Å². The van der Waals surface area contributed by atoms with Gasteiger partial charge in [0.15, 0.2) is 11.5 Å². The van der Waals surface area contributed by atoms with Gasteiger partial charge >= 0.3 is 5.97 Å². The molecule has 0 amide bonds. The number of carboxylic acids is 1. The lowest BCUT2D eigenvalue weighted by atomic mass is 10.2. The van der Waals surface area contributed by atoms with Gasteiger partial charge < -0.3 is 14.7 Å². The summed E-state index contributed by atoms with van der Waals surface area (Å²) in [5.74, 6) is -0.366. The normalized spacial score (nSPS) is 20.8. The molecular weight excluding hydrogens is 210 g/mol. The predicted octanol–water partition coefficient (Wildman–Crippen LogP) is 0.400. The van der Waals surface area contributed by atoms with Gasteiger partial charge in [0.2, 0.25) is 0 Å². The van der Waals surface area contributed by atoms with Crippen molar-refractivity contribution in [3.05, 3.63) is 17.8 Å². The number of hydrogen-bond acceptors (Lipinski definition) is 5. The van der Waals surface area contributed by atoms with Gasteiger partial charge in [-0.05, 0) is 19.1 Å². The largest absolute Gasteiger partial charge is 0.476 e. The summed E-state index contributed by atoms with van der Waals surface area (Å²) >= 11 is 0. The average Bonchev–Trinajstić information content (AvgIpc) is 2.30. The molecule has 1 saturated heterocycles. The summed E-state index contributed by atoms with van der Waals surface area (Å²) in [5, 5.41) is 16.3. The van der Waals surface area contributed by atoms with Crippen molar-refractivity contribution in [2.75, 3.05) is 24.7 Å². The molecule has 6 nitrogen and oxygen atoms in total. The zero-order valence-electron chi connectivity index (χ0n) is 8.96. The second-order valence-corrected chi connectivity index (χ2v) is 3.70. The Morgan fingerprint density at radius 2 is 2.38 bits per heavy atom. The van der Waals surface area contributed by atoms with Crippen LogP contribution in [0.15, 0.2) is 12.1 Å². The van der Waals surface area contributed by atoms with Gasteiger partial charge in [-0.2, -0.15) is 0 Å². The summed E-state index contributed by atoms with van der Waals surface area (Å²) < 4.78 is 5.31. The zero-order valence-corrected chi connectivity index (χ0v) is 8.96. The number of morpholine rings is 1. The van der Waals surface area contributed by atoms with Crippen molar-refractivity contribution < 1.29 is 14.6 Å². The Balaban J connectivity index is 2.17. The van der Waals surface area contributed by atoms with E-state index in [-0.39, 0.29) is 11.7 Å². The maximum absolute atomic E-state index is 10.6. The third-order valence-electron chi connectivity index (χ3n) is 2.53. The maximum atomic E-state index is 10.6. The Morgan fingerprint density at radius 3 is 2.94 bits per heavy atom. The molecule has 0 saturated carbocycles. The molecular formula is C10H13N3O3. The first-order valence-corrected chi connectivity index (χ1v) is 5.10. The molecule has 0 aliphatic carbocycles. The zero-order chi connectivity index (χ0) is 11.5. The molecule has 1 aliphatic rings.